The molecule has 1 atom stereocenters. The SMILES string of the molecule is CC[C@@H](C(=O)O)N1CCCN(C(=O)c2cccc(Cl)c2)CC1. The van der Waals surface area contributed by atoms with Crippen LogP contribution in [0.25, 0.3) is 0 Å². The minimum Gasteiger partial charge on any atom is -0.480 e. The van der Waals surface area contributed by atoms with E-state index in [1.807, 2.05) is 11.8 Å². The minimum atomic E-state index is -0.794. The van der Waals surface area contributed by atoms with E-state index in [1.54, 1.807) is 29.2 Å². The lowest BCUT2D eigenvalue weighted by atomic mass is 10.2. The zero-order valence-corrected chi connectivity index (χ0v) is 13.4. The predicted octanol–water partition coefficient (Wildman–Crippen LogP) is 2.35. The molecule has 0 saturated carbocycles. The van der Waals surface area contributed by atoms with Crippen LogP contribution in [-0.4, -0.2) is 59.0 Å². The van der Waals surface area contributed by atoms with Gasteiger partial charge in [-0.05, 0) is 31.0 Å². The van der Waals surface area contributed by atoms with Gasteiger partial charge in [-0.3, -0.25) is 14.5 Å². The van der Waals surface area contributed by atoms with Crippen LogP contribution in [0.15, 0.2) is 24.3 Å². The van der Waals surface area contributed by atoms with Crippen molar-refractivity contribution in [3.8, 4) is 0 Å². The van der Waals surface area contributed by atoms with Gasteiger partial charge in [-0.25, -0.2) is 0 Å². The van der Waals surface area contributed by atoms with Gasteiger partial charge in [-0.1, -0.05) is 24.6 Å². The fourth-order valence-corrected chi connectivity index (χ4v) is 3.04. The van der Waals surface area contributed by atoms with Crippen LogP contribution in [-0.2, 0) is 4.79 Å². The Hall–Kier alpha value is -1.59. The molecule has 1 N–H and O–H groups in total. The van der Waals surface area contributed by atoms with Crippen LogP contribution in [0.2, 0.25) is 5.02 Å². The maximum atomic E-state index is 12.5. The van der Waals surface area contributed by atoms with Crippen molar-refractivity contribution in [3.63, 3.8) is 0 Å². The van der Waals surface area contributed by atoms with Crippen molar-refractivity contribution in [1.29, 1.82) is 0 Å². The van der Waals surface area contributed by atoms with Gasteiger partial charge >= 0.3 is 5.97 Å². The van der Waals surface area contributed by atoms with E-state index in [2.05, 4.69) is 0 Å². The van der Waals surface area contributed by atoms with Crippen LogP contribution in [0.5, 0.6) is 0 Å². The number of carboxylic acid groups (broad SMARTS) is 1. The molecule has 6 heteroatoms. The summed E-state index contributed by atoms with van der Waals surface area (Å²) in [7, 11) is 0. The highest BCUT2D eigenvalue weighted by Gasteiger charge is 2.27. The minimum absolute atomic E-state index is 0.0484. The van der Waals surface area contributed by atoms with Crippen LogP contribution in [0.3, 0.4) is 0 Å². The molecule has 0 aromatic heterocycles. The normalized spacial score (nSPS) is 17.8. The van der Waals surface area contributed by atoms with E-state index >= 15 is 0 Å². The molecule has 0 aliphatic carbocycles. The number of carbonyl (C=O) groups is 2. The summed E-state index contributed by atoms with van der Waals surface area (Å²) >= 11 is 5.93. The highest BCUT2D eigenvalue weighted by atomic mass is 35.5. The number of hydrogen-bond donors (Lipinski definition) is 1. The van der Waals surface area contributed by atoms with Gasteiger partial charge in [-0.2, -0.15) is 0 Å². The zero-order chi connectivity index (χ0) is 16.1. The molecule has 1 amide bonds. The average molecular weight is 325 g/mol. The van der Waals surface area contributed by atoms with Crippen LogP contribution in [0, 0.1) is 0 Å². The molecular weight excluding hydrogens is 304 g/mol. The number of aliphatic carboxylic acids is 1. The summed E-state index contributed by atoms with van der Waals surface area (Å²) in [6.07, 6.45) is 1.34. The van der Waals surface area contributed by atoms with Crippen molar-refractivity contribution in [2.75, 3.05) is 26.2 Å². The molecule has 2 rings (SSSR count). The van der Waals surface area contributed by atoms with Gasteiger partial charge in [0.25, 0.3) is 5.91 Å². The second-order valence-corrected chi connectivity index (χ2v) is 5.89. The lowest BCUT2D eigenvalue weighted by Gasteiger charge is -2.26. The maximum Gasteiger partial charge on any atom is 0.320 e. The summed E-state index contributed by atoms with van der Waals surface area (Å²) in [5.74, 6) is -0.843. The van der Waals surface area contributed by atoms with Gasteiger partial charge in [0.1, 0.15) is 6.04 Å². The molecule has 0 bridgehead atoms. The monoisotopic (exact) mass is 324 g/mol. The summed E-state index contributed by atoms with van der Waals surface area (Å²) in [5, 5.41) is 9.81. The van der Waals surface area contributed by atoms with Gasteiger partial charge < -0.3 is 10.0 Å². The van der Waals surface area contributed by atoms with Crippen molar-refractivity contribution >= 4 is 23.5 Å². The molecule has 22 heavy (non-hydrogen) atoms. The Bertz CT molecular complexity index is 550. The van der Waals surface area contributed by atoms with Crippen LogP contribution in [0.1, 0.15) is 30.1 Å². The van der Waals surface area contributed by atoms with E-state index in [0.29, 0.717) is 43.2 Å². The van der Waals surface area contributed by atoms with Gasteiger partial charge in [0, 0.05) is 36.8 Å². The molecule has 1 saturated heterocycles. The molecule has 1 fully saturated rings. The Morgan fingerprint density at radius 3 is 2.68 bits per heavy atom. The summed E-state index contributed by atoms with van der Waals surface area (Å²) in [6.45, 7) is 4.33. The lowest BCUT2D eigenvalue weighted by Crippen LogP contribution is -2.43. The first-order chi connectivity index (χ1) is 10.5. The number of carboxylic acids is 1. The fourth-order valence-electron chi connectivity index (χ4n) is 2.85. The highest BCUT2D eigenvalue weighted by molar-refractivity contribution is 6.30. The molecule has 1 aromatic rings. The van der Waals surface area contributed by atoms with E-state index in [9.17, 15) is 14.7 Å². The second-order valence-electron chi connectivity index (χ2n) is 5.45. The Morgan fingerprint density at radius 1 is 1.27 bits per heavy atom. The molecule has 1 aliphatic heterocycles. The molecular formula is C16H21ClN2O3. The van der Waals surface area contributed by atoms with Gasteiger partial charge in [0.2, 0.25) is 0 Å². The van der Waals surface area contributed by atoms with Crippen molar-refractivity contribution in [2.45, 2.75) is 25.8 Å². The van der Waals surface area contributed by atoms with Crippen LogP contribution >= 0.6 is 11.6 Å². The number of benzene rings is 1. The molecule has 1 aliphatic rings. The van der Waals surface area contributed by atoms with Crippen molar-refractivity contribution < 1.29 is 14.7 Å². The first kappa shape index (κ1) is 16.8. The number of nitrogens with zero attached hydrogens (tertiary/aromatic N) is 2. The smallest absolute Gasteiger partial charge is 0.320 e. The van der Waals surface area contributed by atoms with E-state index in [0.717, 1.165) is 6.42 Å². The van der Waals surface area contributed by atoms with E-state index in [-0.39, 0.29) is 5.91 Å². The topological polar surface area (TPSA) is 60.9 Å². The molecule has 0 radical (unpaired) electrons. The Morgan fingerprint density at radius 2 is 2.05 bits per heavy atom. The van der Waals surface area contributed by atoms with E-state index < -0.39 is 12.0 Å². The van der Waals surface area contributed by atoms with Gasteiger partial charge in [0.05, 0.1) is 0 Å². The number of amides is 1. The summed E-state index contributed by atoms with van der Waals surface area (Å²) in [5.41, 5.74) is 0.575. The van der Waals surface area contributed by atoms with Crippen molar-refractivity contribution in [1.82, 2.24) is 9.80 Å². The quantitative estimate of drug-likeness (QED) is 0.923. The Kier molecular flexibility index (Phi) is 5.80. The third-order valence-corrected chi connectivity index (χ3v) is 4.24. The van der Waals surface area contributed by atoms with Gasteiger partial charge in [0.15, 0.2) is 0 Å². The molecule has 0 unspecified atom stereocenters. The van der Waals surface area contributed by atoms with Gasteiger partial charge in [-0.15, -0.1) is 0 Å². The van der Waals surface area contributed by atoms with Crippen molar-refractivity contribution in [2.24, 2.45) is 0 Å². The second kappa shape index (κ2) is 7.61. The highest BCUT2D eigenvalue weighted by Crippen LogP contribution is 2.15. The first-order valence-electron chi connectivity index (χ1n) is 7.54. The summed E-state index contributed by atoms with van der Waals surface area (Å²) in [4.78, 5) is 27.5. The largest absolute Gasteiger partial charge is 0.480 e. The molecule has 120 valence electrons. The molecule has 1 heterocycles. The molecule has 5 nitrogen and oxygen atoms in total. The fraction of sp³-hybridized carbons (Fsp3) is 0.500. The Balaban J connectivity index is 2.04. The maximum absolute atomic E-state index is 12.5. The van der Waals surface area contributed by atoms with Crippen molar-refractivity contribution in [3.05, 3.63) is 34.9 Å². The third-order valence-electron chi connectivity index (χ3n) is 4.00. The lowest BCUT2D eigenvalue weighted by molar-refractivity contribution is -0.143. The first-order valence-corrected chi connectivity index (χ1v) is 7.92. The number of halogens is 1. The van der Waals surface area contributed by atoms with E-state index in [4.69, 9.17) is 11.6 Å². The molecule has 1 aromatic carbocycles. The Labute approximate surface area is 135 Å². The predicted molar refractivity (Wildman–Crippen MR) is 85.3 cm³/mol. The third kappa shape index (κ3) is 3.99. The summed E-state index contributed by atoms with van der Waals surface area (Å²) in [6, 6.07) is 6.45. The van der Waals surface area contributed by atoms with E-state index in [1.165, 1.54) is 0 Å². The standard InChI is InChI=1S/C16H21ClN2O3/c1-2-14(16(21)22)18-7-4-8-19(10-9-18)15(20)12-5-3-6-13(17)11-12/h3,5-6,11,14H,2,4,7-10H2,1H3,(H,21,22)/t14-/m0/s1. The number of rotatable bonds is 4. The van der Waals surface area contributed by atoms with Crippen LogP contribution < -0.4 is 0 Å². The summed E-state index contributed by atoms with van der Waals surface area (Å²) < 4.78 is 0. The average Bonchev–Trinajstić information content (AvgIpc) is 2.73. The number of carbonyl (C=O) groups excluding carboxylic acids is 1. The molecule has 0 spiro atoms. The zero-order valence-electron chi connectivity index (χ0n) is 12.7. The number of hydrogen-bond acceptors (Lipinski definition) is 3. The van der Waals surface area contributed by atoms with Crippen LogP contribution in [0.4, 0.5) is 0 Å².